The fourth-order valence-electron chi connectivity index (χ4n) is 1.22. The van der Waals surface area contributed by atoms with E-state index in [1.165, 1.54) is 0 Å². The highest BCUT2D eigenvalue weighted by Crippen LogP contribution is 2.20. The Morgan fingerprint density at radius 3 is 2.21 bits per heavy atom. The van der Waals surface area contributed by atoms with Gasteiger partial charge in [0.2, 0.25) is 0 Å². The molecule has 0 aromatic heterocycles. The molecule has 1 rings (SSSR count). The molecule has 0 unspecified atom stereocenters. The summed E-state index contributed by atoms with van der Waals surface area (Å²) in [7, 11) is 0. The van der Waals surface area contributed by atoms with E-state index in [0.717, 1.165) is 6.08 Å². The second-order valence-electron chi connectivity index (χ2n) is 4.75. The Hall–Kier alpha value is -1.85. The van der Waals surface area contributed by atoms with E-state index in [0.29, 0.717) is 6.08 Å². The van der Waals surface area contributed by atoms with Crippen LogP contribution < -0.4 is 0 Å². The molecule has 0 saturated heterocycles. The molecule has 0 radical (unpaired) electrons. The van der Waals surface area contributed by atoms with E-state index in [-0.39, 0.29) is 6.07 Å². The maximum absolute atomic E-state index is 13.3. The van der Waals surface area contributed by atoms with Crippen molar-refractivity contribution in [1.29, 1.82) is 0 Å². The van der Waals surface area contributed by atoms with Crippen molar-refractivity contribution in [2.45, 2.75) is 26.4 Å². The average molecular weight is 276 g/mol. The number of halogens is 4. The fraction of sp³-hybridized carbons (Fsp3) is 0.308. The van der Waals surface area contributed by atoms with Gasteiger partial charge in [0.05, 0.1) is 0 Å². The molecule has 0 saturated carbocycles. The molecule has 0 aliphatic carbocycles. The number of benzene rings is 1. The number of esters is 1. The van der Waals surface area contributed by atoms with Crippen LogP contribution >= 0.6 is 0 Å². The van der Waals surface area contributed by atoms with Gasteiger partial charge in [0, 0.05) is 17.7 Å². The van der Waals surface area contributed by atoms with E-state index in [9.17, 15) is 22.4 Å². The zero-order valence-electron chi connectivity index (χ0n) is 10.6. The van der Waals surface area contributed by atoms with Crippen LogP contribution in [-0.2, 0) is 9.53 Å². The quantitative estimate of drug-likeness (QED) is 0.271. The van der Waals surface area contributed by atoms with Gasteiger partial charge in [-0.1, -0.05) is 0 Å². The predicted octanol–water partition coefficient (Wildman–Crippen LogP) is 3.60. The van der Waals surface area contributed by atoms with Crippen molar-refractivity contribution in [2.24, 2.45) is 0 Å². The van der Waals surface area contributed by atoms with Gasteiger partial charge in [-0.3, -0.25) is 0 Å². The molecule has 19 heavy (non-hydrogen) atoms. The Morgan fingerprint density at radius 1 is 1.11 bits per heavy atom. The van der Waals surface area contributed by atoms with Crippen LogP contribution in [0.25, 0.3) is 6.08 Å². The van der Waals surface area contributed by atoms with E-state index in [1.807, 2.05) is 0 Å². The molecule has 0 bridgehead atoms. The van der Waals surface area contributed by atoms with Crippen molar-refractivity contribution in [2.75, 3.05) is 0 Å². The van der Waals surface area contributed by atoms with Gasteiger partial charge in [0.25, 0.3) is 0 Å². The average Bonchev–Trinajstić information content (AvgIpc) is 2.23. The first-order valence-electron chi connectivity index (χ1n) is 5.36. The Balaban J connectivity index is 3.01. The summed E-state index contributed by atoms with van der Waals surface area (Å²) in [6.45, 7) is 4.83. The lowest BCUT2D eigenvalue weighted by Crippen LogP contribution is -2.22. The van der Waals surface area contributed by atoms with Gasteiger partial charge in [-0.05, 0) is 26.8 Å². The van der Waals surface area contributed by atoms with E-state index in [2.05, 4.69) is 0 Å². The molecule has 104 valence electrons. The van der Waals surface area contributed by atoms with Gasteiger partial charge in [0.1, 0.15) is 11.4 Å². The minimum Gasteiger partial charge on any atom is -0.457 e. The molecule has 0 heterocycles. The molecule has 1 aromatic rings. The van der Waals surface area contributed by atoms with Crippen LogP contribution in [0.5, 0.6) is 0 Å². The largest absolute Gasteiger partial charge is 0.457 e. The highest BCUT2D eigenvalue weighted by molar-refractivity contribution is 5.87. The van der Waals surface area contributed by atoms with E-state index >= 15 is 0 Å². The number of hydrogen-bond acceptors (Lipinski definition) is 2. The molecular formula is C13H12F4O2. The molecule has 0 aliphatic heterocycles. The predicted molar refractivity (Wildman–Crippen MR) is 61.2 cm³/mol. The van der Waals surface area contributed by atoms with Crippen LogP contribution in [0.4, 0.5) is 17.6 Å². The first-order valence-corrected chi connectivity index (χ1v) is 5.36. The van der Waals surface area contributed by atoms with E-state index in [1.54, 1.807) is 20.8 Å². The van der Waals surface area contributed by atoms with Crippen LogP contribution in [0.3, 0.4) is 0 Å². The number of carbonyl (C=O) groups excluding carboxylic acids is 1. The molecule has 0 N–H and O–H groups in total. The second-order valence-corrected chi connectivity index (χ2v) is 4.75. The van der Waals surface area contributed by atoms with Gasteiger partial charge in [-0.2, -0.15) is 0 Å². The Bertz CT molecular complexity index is 530. The number of hydrogen-bond donors (Lipinski definition) is 0. The first-order chi connectivity index (χ1) is 8.61. The maximum atomic E-state index is 13.3. The Labute approximate surface area is 107 Å². The normalized spacial score (nSPS) is 11.9. The standard InChI is InChI=1S/C13H12F4O2/c1-13(2,3)19-10(18)5-4-7-8(14)6-9(15)12(17)11(7)16/h4-6H,1-3H3/b5-4+. The monoisotopic (exact) mass is 276 g/mol. The van der Waals surface area contributed by atoms with Crippen LogP contribution in [0.1, 0.15) is 26.3 Å². The van der Waals surface area contributed by atoms with Crippen LogP contribution in [0.15, 0.2) is 12.1 Å². The van der Waals surface area contributed by atoms with Crippen molar-refractivity contribution in [1.82, 2.24) is 0 Å². The highest BCUT2D eigenvalue weighted by Gasteiger charge is 2.18. The molecule has 2 nitrogen and oxygen atoms in total. The summed E-state index contributed by atoms with van der Waals surface area (Å²) >= 11 is 0. The van der Waals surface area contributed by atoms with Gasteiger partial charge >= 0.3 is 5.97 Å². The van der Waals surface area contributed by atoms with Crippen LogP contribution in [0, 0.1) is 23.3 Å². The minimum atomic E-state index is -1.80. The van der Waals surface area contributed by atoms with Crippen molar-refractivity contribution in [3.8, 4) is 0 Å². The van der Waals surface area contributed by atoms with E-state index in [4.69, 9.17) is 4.74 Å². The summed E-state index contributed by atoms with van der Waals surface area (Å²) in [5, 5.41) is 0. The van der Waals surface area contributed by atoms with Crippen LogP contribution in [0.2, 0.25) is 0 Å². The molecule has 1 aromatic carbocycles. The van der Waals surface area contributed by atoms with Gasteiger partial charge in [0.15, 0.2) is 17.5 Å². The summed E-state index contributed by atoms with van der Waals surface area (Å²) in [5.41, 5.74) is -1.61. The summed E-state index contributed by atoms with van der Waals surface area (Å²) in [6, 6.07) is 0.202. The van der Waals surface area contributed by atoms with Crippen LogP contribution in [-0.4, -0.2) is 11.6 Å². The Morgan fingerprint density at radius 2 is 1.68 bits per heavy atom. The van der Waals surface area contributed by atoms with Crippen molar-refractivity contribution in [3.63, 3.8) is 0 Å². The zero-order valence-corrected chi connectivity index (χ0v) is 10.6. The topological polar surface area (TPSA) is 26.3 Å². The van der Waals surface area contributed by atoms with Crippen molar-refractivity contribution < 1.29 is 27.1 Å². The van der Waals surface area contributed by atoms with Gasteiger partial charge < -0.3 is 4.74 Å². The molecule has 0 amide bonds. The fourth-order valence-corrected chi connectivity index (χ4v) is 1.22. The second kappa shape index (κ2) is 5.42. The summed E-state index contributed by atoms with van der Waals surface area (Å²) < 4.78 is 56.9. The lowest BCUT2D eigenvalue weighted by molar-refractivity contribution is -0.148. The third kappa shape index (κ3) is 4.08. The third-order valence-corrected chi connectivity index (χ3v) is 1.94. The molecule has 0 aliphatic rings. The number of rotatable bonds is 2. The maximum Gasteiger partial charge on any atom is 0.331 e. The number of carbonyl (C=O) groups is 1. The summed E-state index contributed by atoms with van der Waals surface area (Å²) in [5.74, 6) is -7.29. The Kier molecular flexibility index (Phi) is 4.34. The smallest absolute Gasteiger partial charge is 0.331 e. The molecule has 0 spiro atoms. The van der Waals surface area contributed by atoms with E-state index < -0.39 is 40.4 Å². The summed E-state index contributed by atoms with van der Waals surface area (Å²) in [4.78, 5) is 11.3. The third-order valence-electron chi connectivity index (χ3n) is 1.94. The summed E-state index contributed by atoms with van der Waals surface area (Å²) in [6.07, 6.45) is 1.44. The lowest BCUT2D eigenvalue weighted by Gasteiger charge is -2.17. The first kappa shape index (κ1) is 15.2. The van der Waals surface area contributed by atoms with Gasteiger partial charge in [-0.25, -0.2) is 22.4 Å². The molecule has 0 fully saturated rings. The zero-order chi connectivity index (χ0) is 14.8. The molecular weight excluding hydrogens is 264 g/mol. The minimum absolute atomic E-state index is 0.202. The number of ether oxygens (including phenoxy) is 1. The van der Waals surface area contributed by atoms with Gasteiger partial charge in [-0.15, -0.1) is 0 Å². The SMILES string of the molecule is CC(C)(C)OC(=O)/C=C/c1c(F)cc(F)c(F)c1F. The molecule has 0 atom stereocenters. The lowest BCUT2D eigenvalue weighted by atomic mass is 10.1. The van der Waals surface area contributed by atoms with Crippen molar-refractivity contribution in [3.05, 3.63) is 41.0 Å². The van der Waals surface area contributed by atoms with Crippen molar-refractivity contribution >= 4 is 12.0 Å². The molecule has 6 heteroatoms. The highest BCUT2D eigenvalue weighted by atomic mass is 19.2.